The summed E-state index contributed by atoms with van der Waals surface area (Å²) in [6.07, 6.45) is 4.05. The van der Waals surface area contributed by atoms with Crippen LogP contribution in [0.1, 0.15) is 46.2 Å². The van der Waals surface area contributed by atoms with Crippen molar-refractivity contribution in [2.75, 3.05) is 11.1 Å². The number of hydrogen-bond donors (Lipinski definition) is 1. The highest BCUT2D eigenvalue weighted by atomic mass is 32.2. The van der Waals surface area contributed by atoms with Gasteiger partial charge in [-0.2, -0.15) is 0 Å². The zero-order chi connectivity index (χ0) is 23.7. The minimum absolute atomic E-state index is 0.0102. The number of anilines is 1. The van der Waals surface area contributed by atoms with Crippen LogP contribution in [-0.4, -0.2) is 22.4 Å². The Bertz CT molecular complexity index is 1320. The van der Waals surface area contributed by atoms with Crippen LogP contribution >= 0.6 is 11.8 Å². The van der Waals surface area contributed by atoms with Gasteiger partial charge >= 0.3 is 0 Å². The number of nitrogens with one attached hydrogen (secondary N) is 1. The summed E-state index contributed by atoms with van der Waals surface area (Å²) >= 11 is 1.50. The fourth-order valence-corrected chi connectivity index (χ4v) is 5.23. The summed E-state index contributed by atoms with van der Waals surface area (Å²) in [6.45, 7) is 6.28. The minimum Gasteiger partial charge on any atom is -0.325 e. The number of nitrogens with zero attached hydrogens (tertiary/aromatic N) is 2. The quantitative estimate of drug-likeness (QED) is 0.448. The maximum atomic E-state index is 12.8. The average molecular weight is 468 g/mol. The van der Waals surface area contributed by atoms with E-state index in [-0.39, 0.29) is 5.91 Å². The number of amides is 1. The van der Waals surface area contributed by atoms with E-state index >= 15 is 0 Å². The summed E-state index contributed by atoms with van der Waals surface area (Å²) < 4.78 is 0. The van der Waals surface area contributed by atoms with Crippen LogP contribution in [0.2, 0.25) is 0 Å². The molecule has 0 saturated heterocycles. The van der Waals surface area contributed by atoms with Gasteiger partial charge in [0, 0.05) is 12.1 Å². The standard InChI is InChI=1S/C29H29N3OS/c1-18-7-9-22(10-8-18)25-16-29(32-27-14-20(3)19(2)13-26(27)31-25)34-17-28(33)30-24-12-11-21-5-4-6-23(21)15-24/h7-15H,4-6,16-17H2,1-3H3,(H,30,33). The molecule has 1 aliphatic heterocycles. The van der Waals surface area contributed by atoms with Crippen LogP contribution in [0.3, 0.4) is 0 Å². The molecule has 1 aliphatic carbocycles. The molecule has 0 bridgehead atoms. The fraction of sp³-hybridized carbons (Fsp3) is 0.276. The molecule has 0 saturated carbocycles. The van der Waals surface area contributed by atoms with Crippen LogP contribution in [0.4, 0.5) is 17.1 Å². The SMILES string of the molecule is Cc1ccc(C2=Nc3cc(C)c(C)cc3N=C(SCC(=O)Nc3ccc4c(c3)CCC4)C2)cc1. The largest absolute Gasteiger partial charge is 0.325 e. The predicted octanol–water partition coefficient (Wildman–Crippen LogP) is 7.03. The third kappa shape index (κ3) is 5.00. The van der Waals surface area contributed by atoms with Gasteiger partial charge in [0.15, 0.2) is 0 Å². The van der Waals surface area contributed by atoms with E-state index in [2.05, 4.69) is 74.6 Å². The number of fused-ring (bicyclic) bond motifs is 2. The van der Waals surface area contributed by atoms with Crippen molar-refractivity contribution < 1.29 is 4.79 Å². The Labute approximate surface area is 205 Å². The first kappa shape index (κ1) is 22.6. The summed E-state index contributed by atoms with van der Waals surface area (Å²) in [5.74, 6) is 0.307. The summed E-state index contributed by atoms with van der Waals surface area (Å²) in [6, 6.07) is 18.9. The molecule has 0 radical (unpaired) electrons. The van der Waals surface area contributed by atoms with Gasteiger partial charge in [-0.1, -0.05) is 35.9 Å². The number of carbonyl (C=O) groups excluding carboxylic acids is 1. The smallest absolute Gasteiger partial charge is 0.234 e. The lowest BCUT2D eigenvalue weighted by Gasteiger charge is -2.09. The lowest BCUT2D eigenvalue weighted by molar-refractivity contribution is -0.113. The molecule has 1 amide bonds. The number of hydrogen-bond acceptors (Lipinski definition) is 4. The Morgan fingerprint density at radius 3 is 2.35 bits per heavy atom. The first-order valence-corrected chi connectivity index (χ1v) is 12.8. The molecule has 3 aromatic carbocycles. The molecule has 1 N–H and O–H groups in total. The Morgan fingerprint density at radius 2 is 1.59 bits per heavy atom. The first-order valence-electron chi connectivity index (χ1n) is 11.8. The lowest BCUT2D eigenvalue weighted by Crippen LogP contribution is -2.16. The van der Waals surface area contributed by atoms with E-state index in [1.165, 1.54) is 46.0 Å². The van der Waals surface area contributed by atoms with Gasteiger partial charge in [0.1, 0.15) is 0 Å². The van der Waals surface area contributed by atoms with E-state index in [9.17, 15) is 4.79 Å². The van der Waals surface area contributed by atoms with Gasteiger partial charge in [-0.05, 0) is 92.1 Å². The normalized spacial score (nSPS) is 14.6. The number of aryl methyl sites for hydroxylation is 5. The van der Waals surface area contributed by atoms with Crippen molar-refractivity contribution in [1.82, 2.24) is 0 Å². The second-order valence-corrected chi connectivity index (χ2v) is 10.3. The summed E-state index contributed by atoms with van der Waals surface area (Å²) in [5.41, 5.74) is 11.1. The molecule has 0 spiro atoms. The van der Waals surface area contributed by atoms with E-state index < -0.39 is 0 Å². The molecule has 0 aromatic heterocycles. The number of benzene rings is 3. The molecule has 3 aromatic rings. The highest BCUT2D eigenvalue weighted by Gasteiger charge is 2.18. The second kappa shape index (κ2) is 9.59. The van der Waals surface area contributed by atoms with Crippen LogP contribution in [0.5, 0.6) is 0 Å². The van der Waals surface area contributed by atoms with Crippen molar-refractivity contribution in [2.45, 2.75) is 46.5 Å². The zero-order valence-corrected chi connectivity index (χ0v) is 20.8. The molecular formula is C29H29N3OS. The van der Waals surface area contributed by atoms with Gasteiger partial charge in [-0.25, -0.2) is 4.99 Å². The van der Waals surface area contributed by atoms with Gasteiger partial charge in [0.2, 0.25) is 5.91 Å². The van der Waals surface area contributed by atoms with Crippen molar-refractivity contribution in [3.63, 3.8) is 0 Å². The van der Waals surface area contributed by atoms with Crippen molar-refractivity contribution >= 4 is 45.5 Å². The lowest BCUT2D eigenvalue weighted by atomic mass is 10.1. The van der Waals surface area contributed by atoms with Crippen LogP contribution in [0.25, 0.3) is 0 Å². The van der Waals surface area contributed by atoms with Gasteiger partial charge in [-0.15, -0.1) is 11.8 Å². The van der Waals surface area contributed by atoms with Crippen molar-refractivity contribution in [1.29, 1.82) is 0 Å². The molecular weight excluding hydrogens is 438 g/mol. The number of aliphatic imine (C=N–C) groups is 2. The van der Waals surface area contributed by atoms with Crippen LogP contribution in [-0.2, 0) is 17.6 Å². The summed E-state index contributed by atoms with van der Waals surface area (Å²) in [7, 11) is 0. The Morgan fingerprint density at radius 1 is 0.882 bits per heavy atom. The van der Waals surface area contributed by atoms with Gasteiger partial charge < -0.3 is 5.32 Å². The van der Waals surface area contributed by atoms with Gasteiger partial charge in [0.05, 0.1) is 27.9 Å². The van der Waals surface area contributed by atoms with E-state index in [0.717, 1.165) is 46.2 Å². The topological polar surface area (TPSA) is 53.8 Å². The molecule has 2 aliphatic rings. The van der Waals surface area contributed by atoms with Crippen molar-refractivity contribution in [3.05, 3.63) is 88.0 Å². The van der Waals surface area contributed by atoms with Gasteiger partial charge in [-0.3, -0.25) is 9.79 Å². The molecule has 34 heavy (non-hydrogen) atoms. The van der Waals surface area contributed by atoms with Crippen LogP contribution in [0.15, 0.2) is 64.6 Å². The van der Waals surface area contributed by atoms with E-state index in [1.54, 1.807) is 0 Å². The molecule has 0 fully saturated rings. The molecule has 1 heterocycles. The fourth-order valence-electron chi connectivity index (χ4n) is 4.46. The first-order chi connectivity index (χ1) is 16.4. The summed E-state index contributed by atoms with van der Waals surface area (Å²) in [5, 5.41) is 3.97. The Hall–Kier alpha value is -3.18. The third-order valence-electron chi connectivity index (χ3n) is 6.55. The average Bonchev–Trinajstić information content (AvgIpc) is 3.21. The molecule has 5 rings (SSSR count). The molecule has 0 unspecified atom stereocenters. The zero-order valence-electron chi connectivity index (χ0n) is 19.9. The minimum atomic E-state index is -0.0102. The van der Waals surface area contributed by atoms with Crippen molar-refractivity contribution in [3.8, 4) is 0 Å². The third-order valence-corrected chi connectivity index (χ3v) is 7.52. The monoisotopic (exact) mass is 467 g/mol. The maximum absolute atomic E-state index is 12.8. The molecule has 4 nitrogen and oxygen atoms in total. The van der Waals surface area contributed by atoms with Crippen molar-refractivity contribution in [2.24, 2.45) is 9.98 Å². The Balaban J connectivity index is 1.36. The molecule has 5 heteroatoms. The number of rotatable bonds is 4. The number of thioether (sulfide) groups is 1. The van der Waals surface area contributed by atoms with Gasteiger partial charge in [0.25, 0.3) is 0 Å². The highest BCUT2D eigenvalue weighted by Crippen LogP contribution is 2.36. The van der Waals surface area contributed by atoms with E-state index in [0.29, 0.717) is 12.2 Å². The molecule has 0 atom stereocenters. The Kier molecular flexibility index (Phi) is 6.38. The van der Waals surface area contributed by atoms with E-state index in [1.807, 2.05) is 6.07 Å². The molecule has 172 valence electrons. The summed E-state index contributed by atoms with van der Waals surface area (Å²) in [4.78, 5) is 22.7. The van der Waals surface area contributed by atoms with E-state index in [4.69, 9.17) is 9.98 Å². The maximum Gasteiger partial charge on any atom is 0.234 e. The van der Waals surface area contributed by atoms with Crippen LogP contribution in [0, 0.1) is 20.8 Å². The predicted molar refractivity (Wildman–Crippen MR) is 145 cm³/mol. The second-order valence-electron chi connectivity index (χ2n) is 9.21. The van der Waals surface area contributed by atoms with Crippen LogP contribution < -0.4 is 5.32 Å². The highest BCUT2D eigenvalue weighted by molar-refractivity contribution is 8.14. The number of carbonyl (C=O) groups is 1.